The molecule has 1 unspecified atom stereocenters. The van der Waals surface area contributed by atoms with Crippen LogP contribution in [0.1, 0.15) is 32.3 Å². The second kappa shape index (κ2) is 4.39. The molecule has 0 spiro atoms. The van der Waals surface area contributed by atoms with Crippen molar-refractivity contribution in [3.63, 3.8) is 0 Å². The molecule has 0 aliphatic rings. The Balaban J connectivity index is 3.20. The minimum Gasteiger partial charge on any atom is -0.207 e. The molecule has 1 aromatic carbocycles. The normalized spacial score (nSPS) is 13.4. The Kier molecular flexibility index (Phi) is 3.65. The highest BCUT2D eigenvalue weighted by Gasteiger charge is 2.19. The van der Waals surface area contributed by atoms with E-state index in [1.165, 1.54) is 12.1 Å². The summed E-state index contributed by atoms with van der Waals surface area (Å²) in [6.07, 6.45) is 0. The van der Waals surface area contributed by atoms with Gasteiger partial charge in [0, 0.05) is 10.0 Å². The van der Waals surface area contributed by atoms with E-state index in [4.69, 9.17) is 0 Å². The lowest BCUT2D eigenvalue weighted by molar-refractivity contribution is 0.467. The zero-order valence-electron chi connectivity index (χ0n) is 8.44. The Labute approximate surface area is 91.5 Å². The maximum Gasteiger partial charge on any atom is 0.130 e. The Hall–Kier alpha value is -0.440. The molecule has 0 fully saturated rings. The van der Waals surface area contributed by atoms with Crippen molar-refractivity contribution in [1.82, 2.24) is 0 Å². The molecule has 0 heterocycles. The van der Waals surface area contributed by atoms with Gasteiger partial charge in [0.2, 0.25) is 0 Å². The fourth-order valence-electron chi connectivity index (χ4n) is 1.32. The fourth-order valence-corrected chi connectivity index (χ4v) is 1.72. The molecule has 0 aliphatic heterocycles. The lowest BCUT2D eigenvalue weighted by Crippen LogP contribution is -2.07. The number of hydrogen-bond acceptors (Lipinski definition) is 0. The van der Waals surface area contributed by atoms with E-state index in [1.807, 2.05) is 20.8 Å². The molecule has 0 saturated heterocycles. The van der Waals surface area contributed by atoms with Gasteiger partial charge in [0.25, 0.3) is 0 Å². The molecule has 1 aromatic rings. The summed E-state index contributed by atoms with van der Waals surface area (Å²) in [6.45, 7) is 5.73. The highest BCUT2D eigenvalue weighted by Crippen LogP contribution is 2.30. The minimum absolute atomic E-state index is 0.108. The maximum atomic E-state index is 13.5. The highest BCUT2D eigenvalue weighted by atomic mass is 79.9. The van der Waals surface area contributed by atoms with Crippen molar-refractivity contribution in [2.45, 2.75) is 26.7 Å². The Bertz CT molecular complexity index is 311. The lowest BCUT2D eigenvalue weighted by Gasteiger charge is -2.17. The summed E-state index contributed by atoms with van der Waals surface area (Å²) in [4.78, 5) is 0. The van der Waals surface area contributed by atoms with Crippen LogP contribution >= 0.6 is 15.9 Å². The van der Waals surface area contributed by atoms with Gasteiger partial charge in [-0.05, 0) is 24.0 Å². The molecule has 3 heteroatoms. The van der Waals surface area contributed by atoms with Crippen molar-refractivity contribution in [3.05, 3.63) is 33.8 Å². The van der Waals surface area contributed by atoms with Gasteiger partial charge in [0.15, 0.2) is 0 Å². The monoisotopic (exact) mass is 262 g/mol. The van der Waals surface area contributed by atoms with Gasteiger partial charge in [-0.25, -0.2) is 8.78 Å². The molecular formula is C11H13BrF2. The van der Waals surface area contributed by atoms with Gasteiger partial charge in [-0.2, -0.15) is 0 Å². The third kappa shape index (κ3) is 2.32. The van der Waals surface area contributed by atoms with E-state index < -0.39 is 11.6 Å². The third-order valence-corrected chi connectivity index (χ3v) is 2.96. The summed E-state index contributed by atoms with van der Waals surface area (Å²) in [5.74, 6) is -0.834. The number of benzene rings is 1. The van der Waals surface area contributed by atoms with Crippen molar-refractivity contribution >= 4 is 15.9 Å². The molecule has 1 rings (SSSR count). The van der Waals surface area contributed by atoms with Crippen LogP contribution in [-0.2, 0) is 0 Å². The Morgan fingerprint density at radius 1 is 1.07 bits per heavy atom. The summed E-state index contributed by atoms with van der Waals surface area (Å²) >= 11 is 3.05. The van der Waals surface area contributed by atoms with E-state index in [0.29, 0.717) is 4.47 Å². The molecule has 0 saturated carbocycles. The summed E-state index contributed by atoms with van der Waals surface area (Å²) in [5, 5.41) is 0. The molecule has 0 bridgehead atoms. The second-order valence-corrected chi connectivity index (χ2v) is 4.73. The van der Waals surface area contributed by atoms with Crippen LogP contribution in [0.5, 0.6) is 0 Å². The molecule has 14 heavy (non-hydrogen) atoms. The topological polar surface area (TPSA) is 0 Å². The zero-order chi connectivity index (χ0) is 10.9. The quantitative estimate of drug-likeness (QED) is 0.737. The van der Waals surface area contributed by atoms with E-state index >= 15 is 0 Å². The van der Waals surface area contributed by atoms with E-state index in [1.54, 1.807) is 0 Å². The van der Waals surface area contributed by atoms with Gasteiger partial charge in [-0.1, -0.05) is 36.7 Å². The molecule has 1 atom stereocenters. The predicted molar refractivity (Wildman–Crippen MR) is 57.3 cm³/mol. The van der Waals surface area contributed by atoms with Crippen molar-refractivity contribution in [1.29, 1.82) is 0 Å². The van der Waals surface area contributed by atoms with E-state index in [0.717, 1.165) is 0 Å². The fraction of sp³-hybridized carbons (Fsp3) is 0.455. The first-order valence-electron chi connectivity index (χ1n) is 4.58. The first-order chi connectivity index (χ1) is 6.43. The van der Waals surface area contributed by atoms with Crippen molar-refractivity contribution < 1.29 is 8.78 Å². The van der Waals surface area contributed by atoms with Gasteiger partial charge < -0.3 is 0 Å². The largest absolute Gasteiger partial charge is 0.207 e. The van der Waals surface area contributed by atoms with Crippen LogP contribution in [-0.4, -0.2) is 0 Å². The molecule has 0 aliphatic carbocycles. The molecule has 0 radical (unpaired) electrons. The maximum absolute atomic E-state index is 13.5. The SMILES string of the molecule is CC(C)C(C)c1c(F)cc(Br)cc1F. The lowest BCUT2D eigenvalue weighted by atomic mass is 9.89. The number of halogens is 3. The van der Waals surface area contributed by atoms with Crippen molar-refractivity contribution in [3.8, 4) is 0 Å². The molecule has 78 valence electrons. The molecule has 0 aromatic heterocycles. The summed E-state index contributed by atoms with van der Waals surface area (Å²) in [5.41, 5.74) is 0.184. The standard InChI is InChI=1S/C11H13BrF2/c1-6(2)7(3)11-9(13)4-8(12)5-10(11)14/h4-7H,1-3H3. The number of hydrogen-bond donors (Lipinski definition) is 0. The van der Waals surface area contributed by atoms with Crippen LogP contribution < -0.4 is 0 Å². The van der Waals surface area contributed by atoms with E-state index in [-0.39, 0.29) is 17.4 Å². The van der Waals surface area contributed by atoms with Crippen molar-refractivity contribution in [2.24, 2.45) is 5.92 Å². The minimum atomic E-state index is -0.474. The Morgan fingerprint density at radius 2 is 1.50 bits per heavy atom. The first kappa shape index (κ1) is 11.6. The molecule has 0 nitrogen and oxygen atoms in total. The summed E-state index contributed by atoms with van der Waals surface area (Å²) in [7, 11) is 0. The smallest absolute Gasteiger partial charge is 0.130 e. The number of rotatable bonds is 2. The average Bonchev–Trinajstić information content (AvgIpc) is 2.01. The average molecular weight is 263 g/mol. The van der Waals surface area contributed by atoms with Crippen LogP contribution in [0.15, 0.2) is 16.6 Å². The van der Waals surface area contributed by atoms with E-state index in [9.17, 15) is 8.78 Å². The van der Waals surface area contributed by atoms with E-state index in [2.05, 4.69) is 15.9 Å². The van der Waals surface area contributed by atoms with Gasteiger partial charge in [0.1, 0.15) is 11.6 Å². The van der Waals surface area contributed by atoms with Gasteiger partial charge in [0.05, 0.1) is 0 Å². The van der Waals surface area contributed by atoms with Crippen LogP contribution in [0.2, 0.25) is 0 Å². The van der Waals surface area contributed by atoms with Crippen LogP contribution in [0.25, 0.3) is 0 Å². The third-order valence-electron chi connectivity index (χ3n) is 2.50. The molecule has 0 amide bonds. The predicted octanol–water partition coefficient (Wildman–Crippen LogP) is 4.49. The first-order valence-corrected chi connectivity index (χ1v) is 5.37. The van der Waals surface area contributed by atoms with Crippen molar-refractivity contribution in [2.75, 3.05) is 0 Å². The molecular weight excluding hydrogens is 250 g/mol. The molecule has 0 N–H and O–H groups in total. The zero-order valence-corrected chi connectivity index (χ0v) is 10.0. The summed E-state index contributed by atoms with van der Waals surface area (Å²) < 4.78 is 27.3. The van der Waals surface area contributed by atoms with Gasteiger partial charge in [-0.3, -0.25) is 0 Å². The van der Waals surface area contributed by atoms with Crippen LogP contribution in [0.4, 0.5) is 8.78 Å². The Morgan fingerprint density at radius 3 is 1.86 bits per heavy atom. The second-order valence-electron chi connectivity index (χ2n) is 3.82. The van der Waals surface area contributed by atoms with Crippen LogP contribution in [0.3, 0.4) is 0 Å². The van der Waals surface area contributed by atoms with Crippen LogP contribution in [0, 0.1) is 17.6 Å². The van der Waals surface area contributed by atoms with Gasteiger partial charge in [-0.15, -0.1) is 0 Å². The van der Waals surface area contributed by atoms with Gasteiger partial charge >= 0.3 is 0 Å². The highest BCUT2D eigenvalue weighted by molar-refractivity contribution is 9.10. The summed E-state index contributed by atoms with van der Waals surface area (Å²) in [6, 6.07) is 2.61.